The summed E-state index contributed by atoms with van der Waals surface area (Å²) in [6.45, 7) is -0.00585. The Bertz CT molecular complexity index is 1240. The van der Waals surface area contributed by atoms with E-state index in [0.29, 0.717) is 11.2 Å². The second kappa shape index (κ2) is 8.74. The Morgan fingerprint density at radius 2 is 1.88 bits per heavy atom. The van der Waals surface area contributed by atoms with E-state index in [2.05, 4.69) is 49.7 Å². The minimum atomic E-state index is -0.245. The molecular formula is C23H23N7O2. The molecule has 3 heterocycles. The molecule has 0 radical (unpaired) electrons. The summed E-state index contributed by atoms with van der Waals surface area (Å²) in [4.78, 5) is 13.1. The topological polar surface area (TPSA) is 123 Å². The molecule has 0 saturated carbocycles. The summed E-state index contributed by atoms with van der Waals surface area (Å²) < 4.78 is 7.66. The highest BCUT2D eigenvalue weighted by atomic mass is 16.5. The number of hydrogen-bond donors (Lipinski definition) is 3. The molecule has 2 atom stereocenters. The van der Waals surface area contributed by atoms with Crippen LogP contribution in [0, 0.1) is 0 Å². The highest BCUT2D eigenvalue weighted by Crippen LogP contribution is 2.31. The van der Waals surface area contributed by atoms with E-state index >= 15 is 0 Å². The van der Waals surface area contributed by atoms with Crippen LogP contribution in [0.5, 0.6) is 0 Å². The van der Waals surface area contributed by atoms with Gasteiger partial charge in [0.1, 0.15) is 11.7 Å². The number of hydrogen-bond acceptors (Lipinski definition) is 8. The van der Waals surface area contributed by atoms with Crippen LogP contribution in [0.25, 0.3) is 22.3 Å². The summed E-state index contributed by atoms with van der Waals surface area (Å²) in [7, 11) is 0. The number of aliphatic hydroxyl groups is 1. The summed E-state index contributed by atoms with van der Waals surface area (Å²) in [5.74, 6) is 0.529. The molecule has 9 heteroatoms. The third-order valence-corrected chi connectivity index (χ3v) is 5.44. The van der Waals surface area contributed by atoms with Crippen LogP contribution in [0.2, 0.25) is 0 Å². The molecule has 2 aromatic carbocycles. The van der Waals surface area contributed by atoms with Crippen molar-refractivity contribution >= 4 is 29.1 Å². The van der Waals surface area contributed by atoms with E-state index in [0.717, 1.165) is 24.0 Å². The van der Waals surface area contributed by atoms with Crippen molar-refractivity contribution in [1.29, 1.82) is 0 Å². The second-order valence-corrected chi connectivity index (χ2v) is 7.59. The normalized spacial score (nSPS) is 18.5. The van der Waals surface area contributed by atoms with Crippen LogP contribution in [-0.4, -0.2) is 43.6 Å². The standard InChI is InChI=1S/C23H23N7O2/c24-21-20-22(30(14-25-20)19-11-10-18(13-31)32-19)28-23(27-21)29-26-12-15-6-8-17(9-7-15)16-4-2-1-3-5-16/h1-9,12,14,18-19,31H,10-11,13H2,(H3,24,27,28,29)/b26-12+/t18-,19+/m0/s1. The number of aromatic nitrogens is 4. The molecule has 0 unspecified atom stereocenters. The molecule has 1 aliphatic heterocycles. The largest absolute Gasteiger partial charge is 0.394 e. The van der Waals surface area contributed by atoms with Gasteiger partial charge in [0.05, 0.1) is 25.3 Å². The molecule has 1 fully saturated rings. The lowest BCUT2D eigenvalue weighted by Gasteiger charge is -2.14. The molecule has 1 aliphatic rings. The van der Waals surface area contributed by atoms with Crippen molar-refractivity contribution < 1.29 is 9.84 Å². The number of benzene rings is 2. The van der Waals surface area contributed by atoms with Gasteiger partial charge in [0.15, 0.2) is 11.5 Å². The van der Waals surface area contributed by atoms with Gasteiger partial charge in [-0.1, -0.05) is 54.6 Å². The Hall–Kier alpha value is -3.82. The van der Waals surface area contributed by atoms with Gasteiger partial charge in [-0.05, 0) is 29.5 Å². The Balaban J connectivity index is 1.32. The maximum Gasteiger partial charge on any atom is 0.247 e. The highest BCUT2D eigenvalue weighted by Gasteiger charge is 2.28. The molecule has 2 aromatic heterocycles. The molecule has 0 bridgehead atoms. The van der Waals surface area contributed by atoms with Gasteiger partial charge in [-0.2, -0.15) is 15.1 Å². The zero-order chi connectivity index (χ0) is 21.9. The third kappa shape index (κ3) is 4.03. The molecule has 1 saturated heterocycles. The van der Waals surface area contributed by atoms with Crippen LogP contribution in [0.4, 0.5) is 11.8 Å². The van der Waals surface area contributed by atoms with Gasteiger partial charge in [-0.15, -0.1) is 0 Å². The summed E-state index contributed by atoms with van der Waals surface area (Å²) in [5, 5.41) is 13.6. The first kappa shape index (κ1) is 20.1. The number of ether oxygens (including phenoxy) is 1. The zero-order valence-corrected chi connectivity index (χ0v) is 17.3. The first-order valence-electron chi connectivity index (χ1n) is 10.4. The Morgan fingerprint density at radius 1 is 1.09 bits per heavy atom. The zero-order valence-electron chi connectivity index (χ0n) is 17.3. The molecule has 0 aliphatic carbocycles. The van der Waals surface area contributed by atoms with Gasteiger partial charge in [0.2, 0.25) is 5.95 Å². The molecule has 5 rings (SSSR count). The number of hydrazone groups is 1. The van der Waals surface area contributed by atoms with Gasteiger partial charge >= 0.3 is 0 Å². The number of nitrogens with zero attached hydrogens (tertiary/aromatic N) is 5. The maximum absolute atomic E-state index is 9.33. The second-order valence-electron chi connectivity index (χ2n) is 7.59. The van der Waals surface area contributed by atoms with Gasteiger partial charge in [0.25, 0.3) is 0 Å². The first-order valence-corrected chi connectivity index (χ1v) is 10.4. The van der Waals surface area contributed by atoms with Gasteiger partial charge < -0.3 is 15.6 Å². The fraction of sp³-hybridized carbons (Fsp3) is 0.217. The molecular weight excluding hydrogens is 406 g/mol. The lowest BCUT2D eigenvalue weighted by Crippen LogP contribution is -2.14. The lowest BCUT2D eigenvalue weighted by molar-refractivity contribution is -0.0207. The van der Waals surface area contributed by atoms with E-state index in [9.17, 15) is 5.11 Å². The number of nitrogens with two attached hydrogens (primary N) is 1. The molecule has 4 aromatic rings. The van der Waals surface area contributed by atoms with Crippen molar-refractivity contribution in [2.75, 3.05) is 17.8 Å². The lowest BCUT2D eigenvalue weighted by atomic mass is 10.0. The van der Waals surface area contributed by atoms with Gasteiger partial charge in [-0.3, -0.25) is 4.57 Å². The van der Waals surface area contributed by atoms with E-state index in [1.165, 1.54) is 5.56 Å². The Kier molecular flexibility index (Phi) is 5.49. The van der Waals surface area contributed by atoms with Crippen molar-refractivity contribution in [2.45, 2.75) is 25.2 Å². The van der Waals surface area contributed by atoms with Crippen molar-refractivity contribution in [1.82, 2.24) is 19.5 Å². The van der Waals surface area contributed by atoms with Gasteiger partial charge in [-0.25, -0.2) is 10.4 Å². The minimum Gasteiger partial charge on any atom is -0.394 e. The maximum atomic E-state index is 9.33. The molecule has 4 N–H and O–H groups in total. The van der Waals surface area contributed by atoms with E-state index in [1.807, 2.05) is 34.9 Å². The number of anilines is 2. The fourth-order valence-corrected chi connectivity index (χ4v) is 3.78. The highest BCUT2D eigenvalue weighted by molar-refractivity contribution is 5.84. The van der Waals surface area contributed by atoms with Crippen LogP contribution in [0.1, 0.15) is 24.6 Å². The average Bonchev–Trinajstić information content (AvgIpc) is 3.47. The summed E-state index contributed by atoms with van der Waals surface area (Å²) in [5.41, 5.74) is 13.2. The molecule has 0 spiro atoms. The van der Waals surface area contributed by atoms with E-state index in [-0.39, 0.29) is 30.7 Å². The molecule has 162 valence electrons. The molecule has 9 nitrogen and oxygen atoms in total. The van der Waals surface area contributed by atoms with Crippen molar-refractivity contribution in [3.05, 3.63) is 66.5 Å². The van der Waals surface area contributed by atoms with E-state index in [4.69, 9.17) is 10.5 Å². The van der Waals surface area contributed by atoms with Gasteiger partial charge in [0, 0.05) is 0 Å². The number of rotatable bonds is 6. The number of aliphatic hydroxyl groups excluding tert-OH is 1. The number of nitrogen functional groups attached to an aromatic ring is 1. The molecule has 0 amide bonds. The van der Waals surface area contributed by atoms with Crippen LogP contribution in [-0.2, 0) is 4.74 Å². The predicted molar refractivity (Wildman–Crippen MR) is 123 cm³/mol. The van der Waals surface area contributed by atoms with Crippen LogP contribution < -0.4 is 11.2 Å². The number of nitrogens with one attached hydrogen (secondary N) is 1. The van der Waals surface area contributed by atoms with E-state index in [1.54, 1.807) is 12.5 Å². The third-order valence-electron chi connectivity index (χ3n) is 5.44. The van der Waals surface area contributed by atoms with Crippen molar-refractivity contribution in [3.63, 3.8) is 0 Å². The summed E-state index contributed by atoms with van der Waals surface area (Å²) >= 11 is 0. The fourth-order valence-electron chi connectivity index (χ4n) is 3.78. The summed E-state index contributed by atoms with van der Waals surface area (Å²) in [6.07, 6.45) is 4.46. The van der Waals surface area contributed by atoms with Crippen LogP contribution >= 0.6 is 0 Å². The monoisotopic (exact) mass is 429 g/mol. The average molecular weight is 429 g/mol. The predicted octanol–water partition coefficient (Wildman–Crippen LogP) is 3.19. The number of imidazole rings is 1. The first-order chi connectivity index (χ1) is 15.7. The van der Waals surface area contributed by atoms with Crippen molar-refractivity contribution in [2.24, 2.45) is 5.10 Å². The van der Waals surface area contributed by atoms with E-state index < -0.39 is 0 Å². The smallest absolute Gasteiger partial charge is 0.247 e. The van der Waals surface area contributed by atoms with Crippen LogP contribution in [0.15, 0.2) is 66.0 Å². The van der Waals surface area contributed by atoms with Crippen molar-refractivity contribution in [3.8, 4) is 11.1 Å². The van der Waals surface area contributed by atoms with Crippen LogP contribution in [0.3, 0.4) is 0 Å². The summed E-state index contributed by atoms with van der Waals surface area (Å²) in [6, 6.07) is 18.3. The SMILES string of the molecule is Nc1nc(N/N=C/c2ccc(-c3ccccc3)cc2)nc2c1ncn2[C@H]1CC[C@@H](CO)O1. The quantitative estimate of drug-likeness (QED) is 0.318. The number of fused-ring (bicyclic) bond motifs is 1. The minimum absolute atomic E-state index is 0.00585. The molecule has 32 heavy (non-hydrogen) atoms. The Labute approximate surface area is 184 Å². The Morgan fingerprint density at radius 3 is 2.62 bits per heavy atom.